The summed E-state index contributed by atoms with van der Waals surface area (Å²) in [4.78, 5) is 0. The fraction of sp³-hybridized carbons (Fsp3) is 0.625. The molecule has 96 valence electrons. The van der Waals surface area contributed by atoms with E-state index in [-0.39, 0.29) is 0 Å². The first-order valence-corrected chi connectivity index (χ1v) is 6.69. The molecule has 0 aliphatic carbocycles. The second-order valence-electron chi connectivity index (χ2n) is 5.99. The van der Waals surface area contributed by atoms with E-state index in [1.807, 2.05) is 7.05 Å². The SMILES string of the molecule is CCc1ccc(CC(CNC)C(C)(C)C)cc1. The van der Waals surface area contributed by atoms with E-state index in [2.05, 4.69) is 57.3 Å². The first-order valence-electron chi connectivity index (χ1n) is 6.69. The third-order valence-electron chi connectivity index (χ3n) is 3.59. The molecule has 1 aromatic carbocycles. The lowest BCUT2D eigenvalue weighted by atomic mass is 9.77. The first-order chi connectivity index (χ1) is 7.97. The van der Waals surface area contributed by atoms with Crippen molar-refractivity contribution in [3.63, 3.8) is 0 Å². The maximum atomic E-state index is 3.32. The van der Waals surface area contributed by atoms with Crippen LogP contribution in [0.15, 0.2) is 24.3 Å². The quantitative estimate of drug-likeness (QED) is 0.818. The van der Waals surface area contributed by atoms with Crippen molar-refractivity contribution in [2.45, 2.75) is 40.5 Å². The average molecular weight is 233 g/mol. The maximum absolute atomic E-state index is 3.32. The van der Waals surface area contributed by atoms with Crippen LogP contribution in [-0.2, 0) is 12.8 Å². The van der Waals surface area contributed by atoms with Gasteiger partial charge in [-0.2, -0.15) is 0 Å². The van der Waals surface area contributed by atoms with E-state index >= 15 is 0 Å². The fourth-order valence-corrected chi connectivity index (χ4v) is 2.13. The highest BCUT2D eigenvalue weighted by molar-refractivity contribution is 5.23. The summed E-state index contributed by atoms with van der Waals surface area (Å²) in [6.45, 7) is 10.3. The fourth-order valence-electron chi connectivity index (χ4n) is 2.13. The second-order valence-corrected chi connectivity index (χ2v) is 5.99. The van der Waals surface area contributed by atoms with Crippen molar-refractivity contribution in [3.8, 4) is 0 Å². The number of hydrogen-bond acceptors (Lipinski definition) is 1. The van der Waals surface area contributed by atoms with E-state index in [1.165, 1.54) is 11.1 Å². The summed E-state index contributed by atoms with van der Waals surface area (Å²) in [5, 5.41) is 3.32. The van der Waals surface area contributed by atoms with E-state index in [0.717, 1.165) is 19.4 Å². The lowest BCUT2D eigenvalue weighted by molar-refractivity contribution is 0.235. The zero-order chi connectivity index (χ0) is 12.9. The topological polar surface area (TPSA) is 12.0 Å². The van der Waals surface area contributed by atoms with Gasteiger partial charge >= 0.3 is 0 Å². The number of nitrogens with one attached hydrogen (secondary N) is 1. The molecule has 0 spiro atoms. The van der Waals surface area contributed by atoms with Crippen LogP contribution in [-0.4, -0.2) is 13.6 Å². The van der Waals surface area contributed by atoms with Crippen LogP contribution < -0.4 is 5.32 Å². The molecule has 0 bridgehead atoms. The molecular formula is C16H27N. The molecule has 1 nitrogen and oxygen atoms in total. The Bertz CT molecular complexity index is 318. The van der Waals surface area contributed by atoms with Crippen molar-refractivity contribution >= 4 is 0 Å². The molecule has 0 saturated carbocycles. The zero-order valence-electron chi connectivity index (χ0n) is 12.0. The van der Waals surface area contributed by atoms with Gasteiger partial charge in [0.2, 0.25) is 0 Å². The average Bonchev–Trinajstić information content (AvgIpc) is 2.28. The Hall–Kier alpha value is -0.820. The molecule has 1 N–H and O–H groups in total. The van der Waals surface area contributed by atoms with Crippen molar-refractivity contribution in [1.29, 1.82) is 0 Å². The molecule has 0 aromatic heterocycles. The van der Waals surface area contributed by atoms with Crippen molar-refractivity contribution in [2.75, 3.05) is 13.6 Å². The van der Waals surface area contributed by atoms with Gasteiger partial charge in [0, 0.05) is 0 Å². The Kier molecular flexibility index (Phi) is 5.20. The Morgan fingerprint density at radius 3 is 2.00 bits per heavy atom. The van der Waals surface area contributed by atoms with Crippen LogP contribution >= 0.6 is 0 Å². The summed E-state index contributed by atoms with van der Waals surface area (Å²) in [5.74, 6) is 0.681. The predicted octanol–water partition coefficient (Wildman–Crippen LogP) is 3.67. The van der Waals surface area contributed by atoms with E-state index in [9.17, 15) is 0 Å². The van der Waals surface area contributed by atoms with Crippen molar-refractivity contribution < 1.29 is 0 Å². The van der Waals surface area contributed by atoms with Crippen LogP contribution in [0.25, 0.3) is 0 Å². The lowest BCUT2D eigenvalue weighted by Crippen LogP contribution is -2.31. The summed E-state index contributed by atoms with van der Waals surface area (Å²) in [5.41, 5.74) is 3.24. The van der Waals surface area contributed by atoms with Crippen molar-refractivity contribution in [3.05, 3.63) is 35.4 Å². The Balaban J connectivity index is 2.72. The van der Waals surface area contributed by atoms with Crippen LogP contribution in [0.1, 0.15) is 38.8 Å². The minimum absolute atomic E-state index is 0.354. The molecule has 0 fully saturated rings. The van der Waals surface area contributed by atoms with Crippen molar-refractivity contribution in [1.82, 2.24) is 5.32 Å². The zero-order valence-corrected chi connectivity index (χ0v) is 12.0. The molecule has 1 aromatic rings. The highest BCUT2D eigenvalue weighted by atomic mass is 14.8. The largest absolute Gasteiger partial charge is 0.319 e. The van der Waals surface area contributed by atoms with Gasteiger partial charge in [0.1, 0.15) is 0 Å². The van der Waals surface area contributed by atoms with Crippen LogP contribution in [0.2, 0.25) is 0 Å². The monoisotopic (exact) mass is 233 g/mol. The smallest absolute Gasteiger partial charge is 0.00153 e. The molecular weight excluding hydrogens is 206 g/mol. The summed E-state index contributed by atoms with van der Waals surface area (Å²) < 4.78 is 0. The van der Waals surface area contributed by atoms with Gasteiger partial charge in [0.15, 0.2) is 0 Å². The van der Waals surface area contributed by atoms with Gasteiger partial charge in [-0.15, -0.1) is 0 Å². The maximum Gasteiger partial charge on any atom is -0.00153 e. The summed E-state index contributed by atoms with van der Waals surface area (Å²) in [6.07, 6.45) is 2.29. The van der Waals surface area contributed by atoms with Crippen LogP contribution in [0, 0.1) is 11.3 Å². The highest BCUT2D eigenvalue weighted by Crippen LogP contribution is 2.28. The molecule has 1 heteroatoms. The molecule has 0 heterocycles. The third kappa shape index (κ3) is 4.51. The minimum atomic E-state index is 0.354. The van der Waals surface area contributed by atoms with Gasteiger partial charge in [-0.3, -0.25) is 0 Å². The summed E-state index contributed by atoms with van der Waals surface area (Å²) in [7, 11) is 2.04. The number of rotatable bonds is 5. The molecule has 0 aliphatic rings. The van der Waals surface area contributed by atoms with Crippen LogP contribution in [0.4, 0.5) is 0 Å². The Morgan fingerprint density at radius 1 is 1.06 bits per heavy atom. The highest BCUT2D eigenvalue weighted by Gasteiger charge is 2.23. The molecule has 0 amide bonds. The van der Waals surface area contributed by atoms with Gasteiger partial charge in [0.05, 0.1) is 0 Å². The standard InChI is InChI=1S/C16H27N/c1-6-13-7-9-14(10-8-13)11-15(12-17-5)16(2,3)4/h7-10,15,17H,6,11-12H2,1-5H3. The van der Waals surface area contributed by atoms with E-state index in [0.29, 0.717) is 11.3 Å². The molecule has 0 radical (unpaired) electrons. The molecule has 17 heavy (non-hydrogen) atoms. The normalized spacial score (nSPS) is 13.7. The second kappa shape index (κ2) is 6.20. The number of hydrogen-bond donors (Lipinski definition) is 1. The van der Waals surface area contributed by atoms with Gasteiger partial charge in [-0.1, -0.05) is 52.0 Å². The third-order valence-corrected chi connectivity index (χ3v) is 3.59. The summed E-state index contributed by atoms with van der Waals surface area (Å²) >= 11 is 0. The predicted molar refractivity (Wildman–Crippen MR) is 76.4 cm³/mol. The van der Waals surface area contributed by atoms with Gasteiger partial charge < -0.3 is 5.32 Å². The number of benzene rings is 1. The molecule has 1 unspecified atom stereocenters. The van der Waals surface area contributed by atoms with Crippen molar-refractivity contribution in [2.24, 2.45) is 11.3 Å². The van der Waals surface area contributed by atoms with Gasteiger partial charge in [0.25, 0.3) is 0 Å². The summed E-state index contributed by atoms with van der Waals surface area (Å²) in [6, 6.07) is 9.09. The number of aryl methyl sites for hydroxylation is 1. The van der Waals surface area contributed by atoms with Crippen LogP contribution in [0.5, 0.6) is 0 Å². The van der Waals surface area contributed by atoms with E-state index < -0.39 is 0 Å². The van der Waals surface area contributed by atoms with E-state index in [4.69, 9.17) is 0 Å². The first kappa shape index (κ1) is 14.2. The Labute approximate surface area is 107 Å². The van der Waals surface area contributed by atoms with E-state index in [1.54, 1.807) is 0 Å². The van der Waals surface area contributed by atoms with Gasteiger partial charge in [-0.05, 0) is 48.9 Å². The Morgan fingerprint density at radius 2 is 1.59 bits per heavy atom. The van der Waals surface area contributed by atoms with Crippen LogP contribution in [0.3, 0.4) is 0 Å². The minimum Gasteiger partial charge on any atom is -0.319 e. The molecule has 1 rings (SSSR count). The van der Waals surface area contributed by atoms with Gasteiger partial charge in [-0.25, -0.2) is 0 Å². The molecule has 1 atom stereocenters. The molecule has 0 saturated heterocycles. The lowest BCUT2D eigenvalue weighted by Gasteiger charge is -2.30. The molecule has 0 aliphatic heterocycles.